The van der Waals surface area contributed by atoms with Gasteiger partial charge in [0.1, 0.15) is 104 Å². The Balaban J connectivity index is 1.000. The van der Waals surface area contributed by atoms with E-state index in [1.54, 1.807) is 6.08 Å². The topological polar surface area (TPSA) is 377 Å². The van der Waals surface area contributed by atoms with E-state index in [0.717, 1.165) is 44.1 Å². The van der Waals surface area contributed by atoms with Gasteiger partial charge in [-0.1, -0.05) is 64.8 Å². The van der Waals surface area contributed by atoms with Crippen LogP contribution < -0.4 is 0 Å². The van der Waals surface area contributed by atoms with Crippen LogP contribution in [0, 0.1) is 45.3 Å². The molecule has 0 bridgehead atoms. The molecular formula is C54H90O23. The maximum Gasteiger partial charge on any atom is 0.187 e. The van der Waals surface area contributed by atoms with Crippen LogP contribution in [0.25, 0.3) is 0 Å². The molecular weight excluding hydrogens is 1020 g/mol. The van der Waals surface area contributed by atoms with Crippen molar-refractivity contribution in [2.24, 2.45) is 45.3 Å². The zero-order valence-electron chi connectivity index (χ0n) is 45.5. The Labute approximate surface area is 449 Å². The molecule has 8 aliphatic rings. The third-order valence-electron chi connectivity index (χ3n) is 20.4. The quantitative estimate of drug-likeness (QED) is 0.0715. The summed E-state index contributed by atoms with van der Waals surface area (Å²) in [5.41, 5.74) is 0.918. The van der Waals surface area contributed by atoms with Crippen molar-refractivity contribution >= 4 is 0 Å². The van der Waals surface area contributed by atoms with Gasteiger partial charge in [0.25, 0.3) is 0 Å². The second kappa shape index (κ2) is 23.7. The molecule has 8 rings (SSSR count). The summed E-state index contributed by atoms with van der Waals surface area (Å²) in [6.45, 7) is 14.4. The van der Waals surface area contributed by atoms with E-state index in [9.17, 15) is 76.6 Å². The molecule has 3 saturated carbocycles. The fourth-order valence-corrected chi connectivity index (χ4v) is 15.4. The highest BCUT2D eigenvalue weighted by molar-refractivity contribution is 5.31. The van der Waals surface area contributed by atoms with E-state index in [2.05, 4.69) is 40.7 Å². The number of allylic oxidation sites excluding steroid dienone is 2. The van der Waals surface area contributed by atoms with E-state index in [-0.39, 0.29) is 39.9 Å². The lowest BCUT2D eigenvalue weighted by Crippen LogP contribution is -2.66. The van der Waals surface area contributed by atoms with Crippen molar-refractivity contribution in [2.75, 3.05) is 26.4 Å². The molecule has 444 valence electrons. The first kappa shape index (κ1) is 61.6. The smallest absolute Gasteiger partial charge is 0.187 e. The lowest BCUT2D eigenvalue weighted by Gasteiger charge is -2.66. The van der Waals surface area contributed by atoms with Crippen LogP contribution in [0.1, 0.15) is 100 Å². The molecule has 23 heteroatoms. The summed E-state index contributed by atoms with van der Waals surface area (Å²) in [5, 5.41) is 161. The molecule has 0 radical (unpaired) electrons. The number of hydrogen-bond acceptors (Lipinski definition) is 23. The van der Waals surface area contributed by atoms with Gasteiger partial charge in [-0.25, -0.2) is 0 Å². The molecule has 23 nitrogen and oxygen atoms in total. The first-order valence-corrected chi connectivity index (χ1v) is 27.7. The van der Waals surface area contributed by atoms with E-state index in [4.69, 9.17) is 37.9 Å². The number of rotatable bonds is 16. The second-order valence-electron chi connectivity index (χ2n) is 25.2. The third-order valence-corrected chi connectivity index (χ3v) is 20.4. The van der Waals surface area contributed by atoms with Crippen LogP contribution >= 0.6 is 0 Å². The van der Waals surface area contributed by atoms with Gasteiger partial charge >= 0.3 is 0 Å². The van der Waals surface area contributed by atoms with Gasteiger partial charge in [-0.3, -0.25) is 0 Å². The molecule has 4 heterocycles. The molecule has 4 aliphatic heterocycles. The number of aliphatic hydroxyl groups is 15. The Morgan fingerprint density at radius 1 is 0.597 bits per heavy atom. The molecule has 0 aromatic carbocycles. The Hall–Kier alpha value is -1.44. The first-order valence-electron chi connectivity index (χ1n) is 27.7. The number of ether oxygens (including phenoxy) is 8. The van der Waals surface area contributed by atoms with Crippen molar-refractivity contribution in [2.45, 2.75) is 241 Å². The summed E-state index contributed by atoms with van der Waals surface area (Å²) >= 11 is 0. The van der Waals surface area contributed by atoms with E-state index >= 15 is 0 Å². The third kappa shape index (κ3) is 10.9. The second-order valence-corrected chi connectivity index (χ2v) is 25.2. The van der Waals surface area contributed by atoms with Gasteiger partial charge in [0.15, 0.2) is 25.2 Å². The van der Waals surface area contributed by atoms with Crippen molar-refractivity contribution in [1.82, 2.24) is 0 Å². The standard InChI is InChI=1S/C54H90O23/c1-22(2)17-27(71-48-43(67)40(64)36(60)29(19-56)73-48)34(58)23(3)24-13-14-54(8)32-11-9-25-26(52(32,6)15-16-53(24,54)7)10-12-33(51(25,4)5)76-50-45(69)46(77-49-44(68)41(65)37(61)30(20-57)74-49)38(62)31(75-50)21-70-47-42(66)39(63)35(59)28(18-55)72-47/h9,17,23-24,26-50,55-69H,10-16,18-21H2,1-8H3/t23-,24+,26?,27-,28+,29+,30+,31+,32?,33-,34-,35+,36+,37+,38+,39-,40-,41-,42+,43+,44+,45+,46-,47+,48+,49-,50-,52-,53+,54-/m0/s1. The average Bonchev–Trinajstić information content (AvgIpc) is 3.69. The van der Waals surface area contributed by atoms with Gasteiger partial charge in [-0.2, -0.15) is 0 Å². The molecule has 15 N–H and O–H groups in total. The van der Waals surface area contributed by atoms with Crippen molar-refractivity contribution in [3.63, 3.8) is 0 Å². The van der Waals surface area contributed by atoms with Crippen LogP contribution in [0.2, 0.25) is 0 Å². The lowest BCUT2D eigenvalue weighted by atomic mass is 9.39. The van der Waals surface area contributed by atoms with Crippen molar-refractivity contribution < 1.29 is 114 Å². The number of fused-ring (bicyclic) bond motifs is 5. The highest BCUT2D eigenvalue weighted by atomic mass is 16.8. The van der Waals surface area contributed by atoms with Gasteiger partial charge in [0.2, 0.25) is 0 Å². The van der Waals surface area contributed by atoms with Gasteiger partial charge in [0.05, 0.1) is 38.6 Å². The summed E-state index contributed by atoms with van der Waals surface area (Å²) in [6, 6.07) is 0. The van der Waals surface area contributed by atoms with Gasteiger partial charge in [-0.15, -0.1) is 0 Å². The van der Waals surface area contributed by atoms with Crippen LogP contribution in [-0.4, -0.2) is 244 Å². The molecule has 7 fully saturated rings. The van der Waals surface area contributed by atoms with Gasteiger partial charge < -0.3 is 114 Å². The fraction of sp³-hybridized carbons (Fsp3) is 0.926. The highest BCUT2D eigenvalue weighted by Gasteiger charge is 2.68. The minimum atomic E-state index is -1.89. The summed E-state index contributed by atoms with van der Waals surface area (Å²) in [5.74, 6) is 0.204. The number of aliphatic hydroxyl groups excluding tert-OH is 15. The van der Waals surface area contributed by atoms with Crippen LogP contribution in [0.5, 0.6) is 0 Å². The highest BCUT2D eigenvalue weighted by Crippen LogP contribution is 2.75. The molecule has 0 amide bonds. The van der Waals surface area contributed by atoms with Crippen molar-refractivity contribution in [3.05, 3.63) is 23.3 Å². The maximum atomic E-state index is 12.3. The first-order chi connectivity index (χ1) is 36.1. The summed E-state index contributed by atoms with van der Waals surface area (Å²) < 4.78 is 47.9. The molecule has 4 aliphatic carbocycles. The minimum absolute atomic E-state index is 0.0739. The Bertz CT molecular complexity index is 2040. The predicted molar refractivity (Wildman–Crippen MR) is 266 cm³/mol. The monoisotopic (exact) mass is 1110 g/mol. The normalized spacial score (nSPS) is 51.1. The van der Waals surface area contributed by atoms with Crippen LogP contribution in [0.3, 0.4) is 0 Å². The van der Waals surface area contributed by atoms with E-state index in [1.807, 2.05) is 20.8 Å². The molecule has 77 heavy (non-hydrogen) atoms. The van der Waals surface area contributed by atoms with Crippen LogP contribution in [-0.2, 0) is 37.9 Å². The average molecular weight is 1110 g/mol. The Morgan fingerprint density at radius 3 is 1.69 bits per heavy atom. The fourth-order valence-electron chi connectivity index (χ4n) is 15.4. The molecule has 30 atom stereocenters. The van der Waals surface area contributed by atoms with Crippen molar-refractivity contribution in [1.29, 1.82) is 0 Å². The summed E-state index contributed by atoms with van der Waals surface area (Å²) in [6.07, 6.45) is -25.2. The number of hydrogen-bond donors (Lipinski definition) is 15. The van der Waals surface area contributed by atoms with E-state index < -0.39 is 173 Å². The summed E-state index contributed by atoms with van der Waals surface area (Å²) in [7, 11) is 0. The van der Waals surface area contributed by atoms with Crippen molar-refractivity contribution in [3.8, 4) is 0 Å². The van der Waals surface area contributed by atoms with E-state index in [1.165, 1.54) is 5.57 Å². The molecule has 0 aromatic heterocycles. The maximum absolute atomic E-state index is 12.3. The molecule has 0 spiro atoms. The van der Waals surface area contributed by atoms with Crippen LogP contribution in [0.15, 0.2) is 23.3 Å². The molecule has 0 aromatic rings. The SMILES string of the molecule is CC(C)=C[C@H](O[C@@H]1O[C@H](CO)[C@@H](O)[C@H](O)[C@H]1O)[C@@H](O)[C@@H](C)[C@H]1CC[C@@]2(C)C3CC=C4C(CC[C@H](O[C@@H]5O[C@H](CO[C@@H]6O[C@H](CO)[C@@H](O)[C@H](O)[C@H]6O)[C@@H](O)[C@H](O[C@@H]6O[C@H](CO)[C@@H](O)[C@H](O)[C@H]6O)[C@H]5O)C4(C)C)[C@]3(C)CC[C@]12C. The largest absolute Gasteiger partial charge is 0.394 e. The van der Waals surface area contributed by atoms with Gasteiger partial charge in [-0.05, 0) is 98.7 Å². The zero-order chi connectivity index (χ0) is 56.6. The Morgan fingerprint density at radius 2 is 1.12 bits per heavy atom. The predicted octanol–water partition coefficient (Wildman–Crippen LogP) is -2.43. The van der Waals surface area contributed by atoms with E-state index in [0.29, 0.717) is 6.42 Å². The Kier molecular flexibility index (Phi) is 18.9. The van der Waals surface area contributed by atoms with Gasteiger partial charge in [0, 0.05) is 5.41 Å². The molecule has 2 unspecified atom stereocenters. The zero-order valence-corrected chi connectivity index (χ0v) is 45.5. The minimum Gasteiger partial charge on any atom is -0.394 e. The molecule has 4 saturated heterocycles. The summed E-state index contributed by atoms with van der Waals surface area (Å²) in [4.78, 5) is 0. The lowest BCUT2D eigenvalue weighted by molar-refractivity contribution is -0.372. The van der Waals surface area contributed by atoms with Crippen LogP contribution in [0.4, 0.5) is 0 Å².